The number of hydrogen-bond acceptors (Lipinski definition) is 3. The van der Waals surface area contributed by atoms with Gasteiger partial charge in [-0.15, -0.1) is 0 Å². The Morgan fingerprint density at radius 1 is 1.22 bits per heavy atom. The maximum Gasteiger partial charge on any atom is 0.321 e. The smallest absolute Gasteiger partial charge is 0.321 e. The van der Waals surface area contributed by atoms with Crippen molar-refractivity contribution >= 4 is 43.4 Å². The molecule has 0 atom stereocenters. The molecule has 8 heteroatoms. The third kappa shape index (κ3) is 4.27. The Morgan fingerprint density at radius 2 is 2.00 bits per heavy atom. The van der Waals surface area contributed by atoms with E-state index < -0.39 is 10.0 Å². The summed E-state index contributed by atoms with van der Waals surface area (Å²) in [6, 6.07) is 10.0. The molecule has 1 heterocycles. The maximum absolute atomic E-state index is 12.7. The minimum absolute atomic E-state index is 0.144. The lowest BCUT2D eigenvalue weighted by atomic mass is 10.2. The molecule has 0 bridgehead atoms. The van der Waals surface area contributed by atoms with Crippen molar-refractivity contribution in [2.45, 2.75) is 31.6 Å². The lowest BCUT2D eigenvalue weighted by Crippen LogP contribution is -2.39. The summed E-state index contributed by atoms with van der Waals surface area (Å²) in [6.07, 6.45) is 1.50. The van der Waals surface area contributed by atoms with Crippen LogP contribution in [0.1, 0.15) is 24.5 Å². The topological polar surface area (TPSA) is 78.5 Å². The molecule has 3 rings (SSSR count). The Hall–Kier alpha value is -2.06. The molecule has 2 aromatic rings. The fourth-order valence-corrected chi connectivity index (χ4v) is 4.35. The summed E-state index contributed by atoms with van der Waals surface area (Å²) >= 11 is 3.41. The molecule has 2 aromatic carbocycles. The highest BCUT2D eigenvalue weighted by atomic mass is 79.9. The lowest BCUT2D eigenvalue weighted by Gasteiger charge is -2.18. The van der Waals surface area contributed by atoms with Crippen LogP contribution in [0.3, 0.4) is 0 Å². The van der Waals surface area contributed by atoms with E-state index in [2.05, 4.69) is 26.0 Å². The van der Waals surface area contributed by atoms with Gasteiger partial charge in [-0.1, -0.05) is 22.9 Å². The summed E-state index contributed by atoms with van der Waals surface area (Å²) in [7, 11) is -3.70. The first kappa shape index (κ1) is 19.7. The van der Waals surface area contributed by atoms with E-state index >= 15 is 0 Å². The number of nitrogens with one attached hydrogen (secondary N) is 2. The van der Waals surface area contributed by atoms with Crippen molar-refractivity contribution in [1.29, 1.82) is 0 Å². The third-order valence-electron chi connectivity index (χ3n) is 4.44. The Kier molecular flexibility index (Phi) is 5.76. The molecule has 0 aliphatic carbocycles. The second-order valence-electron chi connectivity index (χ2n) is 6.49. The van der Waals surface area contributed by atoms with Crippen molar-refractivity contribution in [3.8, 4) is 0 Å². The monoisotopic (exact) mass is 451 g/mol. The minimum Gasteiger partial charge on any atom is -0.338 e. The van der Waals surface area contributed by atoms with E-state index in [1.54, 1.807) is 29.2 Å². The van der Waals surface area contributed by atoms with Crippen molar-refractivity contribution in [3.63, 3.8) is 0 Å². The number of anilines is 2. The molecule has 0 radical (unpaired) electrons. The van der Waals surface area contributed by atoms with Crippen LogP contribution in [-0.4, -0.2) is 27.5 Å². The van der Waals surface area contributed by atoms with E-state index in [0.29, 0.717) is 25.2 Å². The SMILES string of the molecule is CCCNC(=O)N1CCc2cc(S(=O)(=O)Nc3ccc(Br)c(C)c3)ccc21. The van der Waals surface area contributed by atoms with Crippen LogP contribution < -0.4 is 14.9 Å². The molecule has 0 aromatic heterocycles. The van der Waals surface area contributed by atoms with Gasteiger partial charge in [0.05, 0.1) is 4.90 Å². The Balaban J connectivity index is 1.82. The lowest BCUT2D eigenvalue weighted by molar-refractivity contribution is 0.247. The van der Waals surface area contributed by atoms with E-state index in [0.717, 1.165) is 27.7 Å². The molecule has 0 fully saturated rings. The highest BCUT2D eigenvalue weighted by molar-refractivity contribution is 9.10. The molecule has 2 amide bonds. The molecule has 0 spiro atoms. The molecule has 6 nitrogen and oxygen atoms in total. The van der Waals surface area contributed by atoms with Gasteiger partial charge in [0, 0.05) is 28.9 Å². The van der Waals surface area contributed by atoms with E-state index in [-0.39, 0.29) is 10.9 Å². The van der Waals surface area contributed by atoms with Crippen molar-refractivity contribution in [2.75, 3.05) is 22.7 Å². The van der Waals surface area contributed by atoms with E-state index in [1.165, 1.54) is 6.07 Å². The summed E-state index contributed by atoms with van der Waals surface area (Å²) in [5.74, 6) is 0. The number of fused-ring (bicyclic) bond motifs is 1. The van der Waals surface area contributed by atoms with Crippen LogP contribution in [0.15, 0.2) is 45.8 Å². The van der Waals surface area contributed by atoms with E-state index in [1.807, 2.05) is 19.9 Å². The van der Waals surface area contributed by atoms with Gasteiger partial charge < -0.3 is 5.32 Å². The summed E-state index contributed by atoms with van der Waals surface area (Å²) in [5.41, 5.74) is 3.08. The zero-order chi connectivity index (χ0) is 19.6. The quantitative estimate of drug-likeness (QED) is 0.719. The molecule has 1 aliphatic rings. The number of carbonyl (C=O) groups is 1. The number of aryl methyl sites for hydroxylation is 1. The number of halogens is 1. The molecule has 0 saturated carbocycles. The van der Waals surface area contributed by atoms with Crippen LogP contribution in [-0.2, 0) is 16.4 Å². The first-order valence-corrected chi connectivity index (χ1v) is 11.1. The molecule has 0 unspecified atom stereocenters. The van der Waals surface area contributed by atoms with Gasteiger partial charge in [-0.3, -0.25) is 9.62 Å². The number of carbonyl (C=O) groups excluding carboxylic acids is 1. The standard InChI is InChI=1S/C19H22BrN3O3S/c1-3-9-21-19(24)23-10-8-14-12-16(5-7-18(14)23)27(25,26)22-15-4-6-17(20)13(2)11-15/h4-7,11-12,22H,3,8-10H2,1-2H3,(H,21,24). The van der Waals surface area contributed by atoms with Gasteiger partial charge >= 0.3 is 6.03 Å². The van der Waals surface area contributed by atoms with E-state index in [4.69, 9.17) is 0 Å². The van der Waals surface area contributed by atoms with Gasteiger partial charge in [-0.2, -0.15) is 0 Å². The summed E-state index contributed by atoms with van der Waals surface area (Å²) in [6.45, 7) is 5.06. The van der Waals surface area contributed by atoms with Crippen LogP contribution in [0.5, 0.6) is 0 Å². The van der Waals surface area contributed by atoms with Gasteiger partial charge in [0.1, 0.15) is 0 Å². The molecular weight excluding hydrogens is 430 g/mol. The van der Waals surface area contributed by atoms with Gasteiger partial charge in [-0.25, -0.2) is 13.2 Å². The van der Waals surface area contributed by atoms with Crippen LogP contribution in [0, 0.1) is 6.92 Å². The van der Waals surface area contributed by atoms with Crippen LogP contribution in [0.25, 0.3) is 0 Å². The number of sulfonamides is 1. The van der Waals surface area contributed by atoms with Crippen LogP contribution in [0.4, 0.5) is 16.2 Å². The van der Waals surface area contributed by atoms with Crippen molar-refractivity contribution in [1.82, 2.24) is 5.32 Å². The van der Waals surface area contributed by atoms with Gasteiger partial charge in [0.15, 0.2) is 0 Å². The van der Waals surface area contributed by atoms with Crippen molar-refractivity contribution < 1.29 is 13.2 Å². The number of amides is 2. The number of rotatable bonds is 5. The summed E-state index contributed by atoms with van der Waals surface area (Å²) in [5, 5.41) is 2.86. The van der Waals surface area contributed by atoms with E-state index in [9.17, 15) is 13.2 Å². The zero-order valence-electron chi connectivity index (χ0n) is 15.3. The Morgan fingerprint density at radius 3 is 2.70 bits per heavy atom. The second kappa shape index (κ2) is 7.90. The molecule has 2 N–H and O–H groups in total. The molecule has 0 saturated heterocycles. The summed E-state index contributed by atoms with van der Waals surface area (Å²) in [4.78, 5) is 14.1. The fraction of sp³-hybridized carbons (Fsp3) is 0.316. The van der Waals surface area contributed by atoms with Crippen molar-refractivity contribution in [3.05, 3.63) is 52.0 Å². The highest BCUT2D eigenvalue weighted by Crippen LogP contribution is 2.31. The number of urea groups is 1. The number of hydrogen-bond donors (Lipinski definition) is 2. The first-order chi connectivity index (χ1) is 12.8. The third-order valence-corrected chi connectivity index (χ3v) is 6.71. The molecule has 27 heavy (non-hydrogen) atoms. The fourth-order valence-electron chi connectivity index (χ4n) is 3.01. The number of benzene rings is 2. The average molecular weight is 452 g/mol. The number of nitrogens with zero attached hydrogens (tertiary/aromatic N) is 1. The van der Waals surface area contributed by atoms with Gasteiger partial charge in [0.2, 0.25) is 0 Å². The van der Waals surface area contributed by atoms with Gasteiger partial charge in [-0.05, 0) is 67.3 Å². The first-order valence-electron chi connectivity index (χ1n) is 8.79. The summed E-state index contributed by atoms with van der Waals surface area (Å²) < 4.78 is 29.0. The second-order valence-corrected chi connectivity index (χ2v) is 9.03. The molecular formula is C19H22BrN3O3S. The van der Waals surface area contributed by atoms with Crippen LogP contribution >= 0.6 is 15.9 Å². The van der Waals surface area contributed by atoms with Gasteiger partial charge in [0.25, 0.3) is 10.0 Å². The average Bonchev–Trinajstić information content (AvgIpc) is 3.06. The Labute approximate surface area is 168 Å². The Bertz CT molecular complexity index is 976. The predicted molar refractivity (Wildman–Crippen MR) is 111 cm³/mol. The highest BCUT2D eigenvalue weighted by Gasteiger charge is 2.26. The zero-order valence-corrected chi connectivity index (χ0v) is 17.7. The molecule has 1 aliphatic heterocycles. The largest absolute Gasteiger partial charge is 0.338 e. The van der Waals surface area contributed by atoms with Crippen molar-refractivity contribution in [2.24, 2.45) is 0 Å². The van der Waals surface area contributed by atoms with Crippen LogP contribution in [0.2, 0.25) is 0 Å². The maximum atomic E-state index is 12.7. The normalized spacial score (nSPS) is 13.4. The molecule has 144 valence electrons. The minimum atomic E-state index is -3.70. The predicted octanol–water partition coefficient (Wildman–Crippen LogP) is 4.04.